The number of ether oxygens (including phenoxy) is 2. The van der Waals surface area contributed by atoms with E-state index in [-0.39, 0.29) is 11.6 Å². The standard InChI is InChI=1S/C14H26N2O2/c1-11-14(10-15,6-8-17-11)16-7-9-18-13-5-3-2-4-12(13)16/h11-13H,2-10,15H2,1H3. The van der Waals surface area contributed by atoms with Gasteiger partial charge in [0.2, 0.25) is 0 Å². The van der Waals surface area contributed by atoms with E-state index in [1.165, 1.54) is 25.7 Å². The number of hydrogen-bond acceptors (Lipinski definition) is 4. The van der Waals surface area contributed by atoms with E-state index in [4.69, 9.17) is 15.2 Å². The average Bonchev–Trinajstić information content (AvgIpc) is 2.80. The monoisotopic (exact) mass is 254 g/mol. The van der Waals surface area contributed by atoms with Gasteiger partial charge in [-0.3, -0.25) is 4.90 Å². The van der Waals surface area contributed by atoms with Crippen LogP contribution in [-0.2, 0) is 9.47 Å². The van der Waals surface area contributed by atoms with Crippen LogP contribution in [0, 0.1) is 0 Å². The summed E-state index contributed by atoms with van der Waals surface area (Å²) in [4.78, 5) is 2.65. The second-order valence-corrected chi connectivity index (χ2v) is 6.03. The molecule has 3 aliphatic rings. The van der Waals surface area contributed by atoms with Crippen molar-refractivity contribution in [3.63, 3.8) is 0 Å². The molecule has 2 saturated heterocycles. The fraction of sp³-hybridized carbons (Fsp3) is 1.00. The zero-order valence-corrected chi connectivity index (χ0v) is 11.4. The Hall–Kier alpha value is -0.160. The van der Waals surface area contributed by atoms with Gasteiger partial charge < -0.3 is 15.2 Å². The van der Waals surface area contributed by atoms with Crippen LogP contribution in [0.1, 0.15) is 39.0 Å². The molecule has 3 rings (SSSR count). The maximum absolute atomic E-state index is 6.15. The molecule has 4 nitrogen and oxygen atoms in total. The first-order chi connectivity index (χ1) is 8.78. The maximum atomic E-state index is 6.15. The number of morpholine rings is 1. The van der Waals surface area contributed by atoms with Gasteiger partial charge in [-0.15, -0.1) is 0 Å². The first kappa shape index (κ1) is 12.9. The minimum Gasteiger partial charge on any atom is -0.376 e. The van der Waals surface area contributed by atoms with Gasteiger partial charge in [0.05, 0.1) is 24.4 Å². The van der Waals surface area contributed by atoms with Crippen molar-refractivity contribution in [3.8, 4) is 0 Å². The predicted octanol–water partition coefficient (Wildman–Crippen LogP) is 1.14. The van der Waals surface area contributed by atoms with Crippen LogP contribution >= 0.6 is 0 Å². The Morgan fingerprint density at radius 2 is 2.06 bits per heavy atom. The zero-order chi connectivity index (χ0) is 12.6. The molecule has 4 heteroatoms. The molecule has 2 heterocycles. The van der Waals surface area contributed by atoms with E-state index in [0.717, 1.165) is 26.2 Å². The van der Waals surface area contributed by atoms with E-state index in [0.29, 0.717) is 18.7 Å². The molecular weight excluding hydrogens is 228 g/mol. The summed E-state index contributed by atoms with van der Waals surface area (Å²) in [5.41, 5.74) is 6.21. The molecule has 0 aromatic heterocycles. The van der Waals surface area contributed by atoms with Gasteiger partial charge in [0.25, 0.3) is 0 Å². The molecule has 3 fully saturated rings. The molecule has 104 valence electrons. The van der Waals surface area contributed by atoms with Crippen molar-refractivity contribution in [2.24, 2.45) is 5.73 Å². The second-order valence-electron chi connectivity index (χ2n) is 6.03. The first-order valence-electron chi connectivity index (χ1n) is 7.48. The molecule has 0 spiro atoms. The molecule has 18 heavy (non-hydrogen) atoms. The summed E-state index contributed by atoms with van der Waals surface area (Å²) < 4.78 is 11.8. The minimum absolute atomic E-state index is 0.0596. The van der Waals surface area contributed by atoms with Crippen molar-refractivity contribution < 1.29 is 9.47 Å². The summed E-state index contributed by atoms with van der Waals surface area (Å²) in [5, 5.41) is 0. The topological polar surface area (TPSA) is 47.7 Å². The van der Waals surface area contributed by atoms with Gasteiger partial charge in [-0.1, -0.05) is 12.8 Å². The van der Waals surface area contributed by atoms with Gasteiger partial charge >= 0.3 is 0 Å². The lowest BCUT2D eigenvalue weighted by molar-refractivity contribution is -0.135. The van der Waals surface area contributed by atoms with Crippen LogP contribution in [0.5, 0.6) is 0 Å². The predicted molar refractivity (Wildman–Crippen MR) is 70.5 cm³/mol. The van der Waals surface area contributed by atoms with E-state index in [2.05, 4.69) is 11.8 Å². The van der Waals surface area contributed by atoms with E-state index >= 15 is 0 Å². The Morgan fingerprint density at radius 1 is 1.22 bits per heavy atom. The Labute approximate surface area is 110 Å². The average molecular weight is 254 g/mol. The molecule has 0 radical (unpaired) electrons. The van der Waals surface area contributed by atoms with Crippen LogP contribution in [0.2, 0.25) is 0 Å². The summed E-state index contributed by atoms with van der Waals surface area (Å²) >= 11 is 0. The summed E-state index contributed by atoms with van der Waals surface area (Å²) in [7, 11) is 0. The van der Waals surface area contributed by atoms with Crippen molar-refractivity contribution >= 4 is 0 Å². The molecule has 0 amide bonds. The SMILES string of the molecule is CC1OCCC1(CN)N1CCOC2CCCCC21. The van der Waals surface area contributed by atoms with Crippen molar-refractivity contribution in [1.82, 2.24) is 4.90 Å². The van der Waals surface area contributed by atoms with Gasteiger partial charge in [-0.05, 0) is 26.2 Å². The lowest BCUT2D eigenvalue weighted by Crippen LogP contribution is -2.67. The Bertz CT molecular complexity index is 298. The highest BCUT2D eigenvalue weighted by Crippen LogP contribution is 2.39. The minimum atomic E-state index is 0.0596. The zero-order valence-electron chi connectivity index (χ0n) is 11.4. The van der Waals surface area contributed by atoms with Crippen molar-refractivity contribution in [1.29, 1.82) is 0 Å². The van der Waals surface area contributed by atoms with Crippen LogP contribution in [0.4, 0.5) is 0 Å². The van der Waals surface area contributed by atoms with E-state index in [1.807, 2.05) is 0 Å². The lowest BCUT2D eigenvalue weighted by atomic mass is 9.82. The van der Waals surface area contributed by atoms with Crippen LogP contribution in [-0.4, -0.2) is 55.0 Å². The van der Waals surface area contributed by atoms with E-state index < -0.39 is 0 Å². The van der Waals surface area contributed by atoms with Crippen molar-refractivity contribution in [3.05, 3.63) is 0 Å². The molecule has 2 aliphatic heterocycles. The molecule has 4 unspecified atom stereocenters. The van der Waals surface area contributed by atoms with Crippen LogP contribution in [0.15, 0.2) is 0 Å². The third-order valence-electron chi connectivity index (χ3n) is 5.32. The van der Waals surface area contributed by atoms with E-state index in [9.17, 15) is 0 Å². The van der Waals surface area contributed by atoms with E-state index in [1.54, 1.807) is 0 Å². The highest BCUT2D eigenvalue weighted by molar-refractivity contribution is 5.05. The number of nitrogens with zero attached hydrogens (tertiary/aromatic N) is 1. The third-order valence-corrected chi connectivity index (χ3v) is 5.32. The fourth-order valence-corrected chi connectivity index (χ4v) is 4.18. The molecule has 1 saturated carbocycles. The summed E-state index contributed by atoms with van der Waals surface area (Å²) in [5.74, 6) is 0. The fourth-order valence-electron chi connectivity index (χ4n) is 4.18. The Balaban J connectivity index is 1.84. The quantitative estimate of drug-likeness (QED) is 0.802. The van der Waals surface area contributed by atoms with Gasteiger partial charge in [0.15, 0.2) is 0 Å². The van der Waals surface area contributed by atoms with Crippen LogP contribution < -0.4 is 5.73 Å². The largest absolute Gasteiger partial charge is 0.376 e. The maximum Gasteiger partial charge on any atom is 0.0743 e. The summed E-state index contributed by atoms with van der Waals surface area (Å²) in [6, 6.07) is 0.570. The van der Waals surface area contributed by atoms with Crippen molar-refractivity contribution in [2.45, 2.75) is 62.8 Å². The highest BCUT2D eigenvalue weighted by atomic mass is 16.5. The Morgan fingerprint density at radius 3 is 2.78 bits per heavy atom. The number of nitrogens with two attached hydrogens (primary N) is 1. The Kier molecular flexibility index (Phi) is 3.63. The molecule has 0 aromatic carbocycles. The number of rotatable bonds is 2. The molecule has 0 aromatic rings. The van der Waals surface area contributed by atoms with Gasteiger partial charge in [0, 0.05) is 25.7 Å². The summed E-state index contributed by atoms with van der Waals surface area (Å²) in [6.45, 7) is 5.62. The third kappa shape index (κ3) is 1.90. The second kappa shape index (κ2) is 5.08. The molecule has 0 bridgehead atoms. The summed E-state index contributed by atoms with van der Waals surface area (Å²) in [6.07, 6.45) is 6.89. The molecule has 2 N–H and O–H groups in total. The molecule has 4 atom stereocenters. The molecule has 1 aliphatic carbocycles. The molecular formula is C14H26N2O2. The van der Waals surface area contributed by atoms with Gasteiger partial charge in [-0.2, -0.15) is 0 Å². The van der Waals surface area contributed by atoms with Gasteiger partial charge in [0.1, 0.15) is 0 Å². The van der Waals surface area contributed by atoms with Crippen LogP contribution in [0.3, 0.4) is 0 Å². The smallest absolute Gasteiger partial charge is 0.0743 e. The van der Waals surface area contributed by atoms with Gasteiger partial charge in [-0.25, -0.2) is 0 Å². The van der Waals surface area contributed by atoms with Crippen molar-refractivity contribution in [2.75, 3.05) is 26.3 Å². The highest BCUT2D eigenvalue weighted by Gasteiger charge is 2.50. The first-order valence-corrected chi connectivity index (χ1v) is 7.48. The van der Waals surface area contributed by atoms with Crippen LogP contribution in [0.25, 0.3) is 0 Å². The number of fused-ring (bicyclic) bond motifs is 1. The lowest BCUT2D eigenvalue weighted by Gasteiger charge is -2.53. The normalized spacial score (nSPS) is 46.0. The number of hydrogen-bond donors (Lipinski definition) is 1.